The first-order valence-electron chi connectivity index (χ1n) is 9.69. The zero-order valence-electron chi connectivity index (χ0n) is 16.5. The van der Waals surface area contributed by atoms with Crippen molar-refractivity contribution in [2.45, 2.75) is 37.1 Å². The number of rotatable bonds is 5. The number of carbonyl (C=O) groups excluding carboxylic acids is 4. The Morgan fingerprint density at radius 1 is 1.03 bits per heavy atom. The minimum Gasteiger partial charge on any atom is -0.295 e. The summed E-state index contributed by atoms with van der Waals surface area (Å²) in [6.07, 6.45) is 0.588. The Morgan fingerprint density at radius 3 is 2.45 bits per heavy atom. The van der Waals surface area contributed by atoms with Crippen LogP contribution >= 0.6 is 0 Å². The molecular weight excluding hydrogens is 422 g/mol. The Bertz CT molecular complexity index is 1240. The van der Waals surface area contributed by atoms with Crippen LogP contribution in [-0.2, 0) is 26.0 Å². The molecule has 1 saturated heterocycles. The molecule has 1 fully saturated rings. The van der Waals surface area contributed by atoms with Crippen LogP contribution in [0.4, 0.5) is 5.69 Å². The smallest absolute Gasteiger partial charge is 0.262 e. The van der Waals surface area contributed by atoms with E-state index in [0.29, 0.717) is 12.0 Å². The summed E-state index contributed by atoms with van der Waals surface area (Å²) >= 11 is 0. The number of benzene rings is 2. The van der Waals surface area contributed by atoms with Crippen molar-refractivity contribution in [3.8, 4) is 0 Å². The van der Waals surface area contributed by atoms with Crippen molar-refractivity contribution in [2.75, 3.05) is 4.72 Å². The lowest BCUT2D eigenvalue weighted by atomic mass is 10.0. The molecule has 0 aromatic heterocycles. The number of fused-ring (bicyclic) bond motifs is 1. The summed E-state index contributed by atoms with van der Waals surface area (Å²) in [4.78, 5) is 50.1. The van der Waals surface area contributed by atoms with Gasteiger partial charge in [0.1, 0.15) is 6.04 Å². The van der Waals surface area contributed by atoms with Crippen molar-refractivity contribution >= 4 is 39.3 Å². The molecule has 1 atom stereocenters. The van der Waals surface area contributed by atoms with Crippen molar-refractivity contribution in [2.24, 2.45) is 0 Å². The lowest BCUT2D eigenvalue weighted by Crippen LogP contribution is -2.54. The van der Waals surface area contributed by atoms with E-state index >= 15 is 0 Å². The van der Waals surface area contributed by atoms with Gasteiger partial charge in [-0.05, 0) is 42.7 Å². The molecule has 160 valence electrons. The highest BCUT2D eigenvalue weighted by molar-refractivity contribution is 7.92. The van der Waals surface area contributed by atoms with Gasteiger partial charge in [0, 0.05) is 12.1 Å². The van der Waals surface area contributed by atoms with Crippen LogP contribution in [0.2, 0.25) is 0 Å². The van der Waals surface area contributed by atoms with E-state index in [2.05, 4.69) is 10.0 Å². The third kappa shape index (κ3) is 3.59. The average molecular weight is 441 g/mol. The maximum atomic E-state index is 12.9. The van der Waals surface area contributed by atoms with Crippen LogP contribution in [0.3, 0.4) is 0 Å². The first-order valence-corrected chi connectivity index (χ1v) is 11.2. The lowest BCUT2D eigenvalue weighted by Gasteiger charge is -2.27. The summed E-state index contributed by atoms with van der Waals surface area (Å²) < 4.78 is 28.2. The van der Waals surface area contributed by atoms with Crippen molar-refractivity contribution in [1.82, 2.24) is 10.2 Å². The normalized spacial score (nSPS) is 18.7. The van der Waals surface area contributed by atoms with Crippen molar-refractivity contribution < 1.29 is 27.6 Å². The topological polar surface area (TPSA) is 130 Å². The van der Waals surface area contributed by atoms with Gasteiger partial charge in [-0.3, -0.25) is 34.1 Å². The molecule has 0 saturated carbocycles. The van der Waals surface area contributed by atoms with Crippen LogP contribution in [-0.4, -0.2) is 43.0 Å². The van der Waals surface area contributed by atoms with E-state index in [9.17, 15) is 27.6 Å². The Morgan fingerprint density at radius 2 is 1.74 bits per heavy atom. The van der Waals surface area contributed by atoms with Crippen LogP contribution in [0.5, 0.6) is 0 Å². The summed E-state index contributed by atoms with van der Waals surface area (Å²) in [5.74, 6) is -2.52. The third-order valence-electron chi connectivity index (χ3n) is 5.34. The second-order valence-corrected chi connectivity index (χ2v) is 8.93. The van der Waals surface area contributed by atoms with Gasteiger partial charge in [0.25, 0.3) is 21.8 Å². The molecular formula is C21H19N3O6S. The van der Waals surface area contributed by atoms with Crippen molar-refractivity contribution in [1.29, 1.82) is 0 Å². The fourth-order valence-corrected chi connectivity index (χ4v) is 5.17. The maximum absolute atomic E-state index is 12.9. The number of aryl methyl sites for hydroxylation is 1. The number of nitrogens with one attached hydrogen (secondary N) is 2. The molecule has 2 aliphatic rings. The van der Waals surface area contributed by atoms with Crippen LogP contribution in [0.25, 0.3) is 0 Å². The first kappa shape index (κ1) is 20.7. The molecule has 4 amide bonds. The monoisotopic (exact) mass is 441 g/mol. The fourth-order valence-electron chi connectivity index (χ4n) is 3.80. The Hall–Kier alpha value is -3.53. The van der Waals surface area contributed by atoms with Gasteiger partial charge in [0.15, 0.2) is 0 Å². The quantitative estimate of drug-likeness (QED) is 0.676. The highest BCUT2D eigenvalue weighted by Gasteiger charge is 2.44. The van der Waals surface area contributed by atoms with Gasteiger partial charge in [0.05, 0.1) is 16.0 Å². The molecule has 0 radical (unpaired) electrons. The molecule has 2 aromatic rings. The summed E-state index contributed by atoms with van der Waals surface area (Å²) in [5.41, 5.74) is 0.840. The number of nitrogens with zero attached hydrogens (tertiary/aromatic N) is 1. The molecule has 0 spiro atoms. The highest BCUT2D eigenvalue weighted by atomic mass is 32.2. The van der Waals surface area contributed by atoms with E-state index in [0.717, 1.165) is 4.90 Å². The molecule has 2 aliphatic heterocycles. The Balaban J connectivity index is 1.63. The molecule has 1 unspecified atom stereocenters. The molecule has 4 rings (SSSR count). The third-order valence-corrected chi connectivity index (χ3v) is 6.82. The van der Waals surface area contributed by atoms with Gasteiger partial charge in [-0.1, -0.05) is 25.1 Å². The second kappa shape index (κ2) is 7.62. The molecule has 0 aliphatic carbocycles. The van der Waals surface area contributed by atoms with Crippen molar-refractivity contribution in [3.63, 3.8) is 0 Å². The number of piperidine rings is 1. The summed E-state index contributed by atoms with van der Waals surface area (Å²) in [6, 6.07) is 9.53. The largest absolute Gasteiger partial charge is 0.295 e. The van der Waals surface area contributed by atoms with Crippen LogP contribution in [0.1, 0.15) is 46.0 Å². The van der Waals surface area contributed by atoms with Gasteiger partial charge < -0.3 is 0 Å². The van der Waals surface area contributed by atoms with E-state index in [-0.39, 0.29) is 34.6 Å². The molecule has 2 heterocycles. The number of carbonyl (C=O) groups is 4. The summed E-state index contributed by atoms with van der Waals surface area (Å²) in [5, 5.41) is 2.13. The van der Waals surface area contributed by atoms with Crippen molar-refractivity contribution in [3.05, 3.63) is 59.2 Å². The predicted octanol–water partition coefficient (Wildman–Crippen LogP) is 1.45. The van der Waals surface area contributed by atoms with E-state index in [1.165, 1.54) is 24.3 Å². The fraction of sp³-hybridized carbons (Fsp3) is 0.238. The second-order valence-electron chi connectivity index (χ2n) is 7.27. The molecule has 0 bridgehead atoms. The minimum absolute atomic E-state index is 0.00123. The molecule has 9 nitrogen and oxygen atoms in total. The van der Waals surface area contributed by atoms with E-state index < -0.39 is 39.7 Å². The number of imide groups is 2. The molecule has 31 heavy (non-hydrogen) atoms. The average Bonchev–Trinajstić information content (AvgIpc) is 2.98. The maximum Gasteiger partial charge on any atom is 0.262 e. The van der Waals surface area contributed by atoms with Crippen LogP contribution in [0, 0.1) is 0 Å². The van der Waals surface area contributed by atoms with Gasteiger partial charge in [-0.2, -0.15) is 0 Å². The van der Waals surface area contributed by atoms with Gasteiger partial charge in [0.2, 0.25) is 11.8 Å². The van der Waals surface area contributed by atoms with Gasteiger partial charge in [-0.25, -0.2) is 8.42 Å². The summed E-state index contributed by atoms with van der Waals surface area (Å²) in [7, 11) is -3.91. The van der Waals surface area contributed by atoms with Crippen LogP contribution in [0.15, 0.2) is 47.4 Å². The molecule has 2 aromatic carbocycles. The first-order chi connectivity index (χ1) is 14.7. The van der Waals surface area contributed by atoms with Gasteiger partial charge >= 0.3 is 0 Å². The zero-order valence-corrected chi connectivity index (χ0v) is 17.4. The number of amides is 4. The van der Waals surface area contributed by atoms with Gasteiger partial charge in [-0.15, -0.1) is 0 Å². The Kier molecular flexibility index (Phi) is 5.10. The zero-order chi connectivity index (χ0) is 22.3. The molecule has 10 heteroatoms. The number of hydrogen-bond acceptors (Lipinski definition) is 6. The van der Waals surface area contributed by atoms with E-state index in [1.54, 1.807) is 18.2 Å². The SMILES string of the molecule is CCc1ccccc1S(=O)(=O)Nc1ccc2c(c1)C(=O)N(C1CCC(=O)NC1=O)C2=O. The molecule has 2 N–H and O–H groups in total. The number of anilines is 1. The summed E-state index contributed by atoms with van der Waals surface area (Å²) in [6.45, 7) is 1.84. The van der Waals surface area contributed by atoms with E-state index in [4.69, 9.17) is 0 Å². The predicted molar refractivity (Wildman–Crippen MR) is 110 cm³/mol. The highest BCUT2D eigenvalue weighted by Crippen LogP contribution is 2.30. The minimum atomic E-state index is -3.91. The standard InChI is InChI=1S/C21H19N3O6S/c1-2-12-5-3-4-6-17(12)31(29,30)23-13-7-8-14-15(11-13)21(28)24(20(14)27)16-9-10-18(25)22-19(16)26/h3-8,11,16,23H,2,9-10H2,1H3,(H,22,25,26). The Labute approximate surface area is 178 Å². The number of hydrogen-bond donors (Lipinski definition) is 2. The lowest BCUT2D eigenvalue weighted by molar-refractivity contribution is -0.136. The van der Waals surface area contributed by atoms with E-state index in [1.807, 2.05) is 6.92 Å². The number of sulfonamides is 1. The van der Waals surface area contributed by atoms with Crippen LogP contribution < -0.4 is 10.0 Å².